The Morgan fingerprint density at radius 3 is 2.65 bits per heavy atom. The van der Waals surface area contributed by atoms with Crippen molar-refractivity contribution in [3.63, 3.8) is 0 Å². The van der Waals surface area contributed by atoms with Gasteiger partial charge in [-0.05, 0) is 42.2 Å². The molecule has 1 rings (SSSR count). The summed E-state index contributed by atoms with van der Waals surface area (Å²) in [5.74, 6) is 1.42. The third kappa shape index (κ3) is 4.49. The highest BCUT2D eigenvalue weighted by Gasteiger charge is 2.07. The molecule has 1 aromatic carbocycles. The second-order valence-corrected chi connectivity index (χ2v) is 4.87. The molecule has 1 amide bonds. The van der Waals surface area contributed by atoms with Crippen molar-refractivity contribution in [1.29, 1.82) is 5.26 Å². The second kappa shape index (κ2) is 6.97. The van der Waals surface area contributed by atoms with Gasteiger partial charge in [0.2, 0.25) is 0 Å². The first kappa shape index (κ1) is 13.6. The number of hydrogen-bond acceptors (Lipinski definition) is 3. The van der Waals surface area contributed by atoms with E-state index in [9.17, 15) is 4.79 Å². The normalized spacial score (nSPS) is 11.6. The first-order valence-corrected chi connectivity index (χ1v) is 6.84. The number of nitriles is 1. The van der Waals surface area contributed by atoms with Crippen LogP contribution >= 0.6 is 11.8 Å². The highest BCUT2D eigenvalue weighted by Crippen LogP contribution is 2.05. The molecule has 1 atom stereocenters. The van der Waals surface area contributed by atoms with E-state index >= 15 is 0 Å². The predicted molar refractivity (Wildman–Crippen MR) is 71.0 cm³/mol. The summed E-state index contributed by atoms with van der Waals surface area (Å²) in [6.07, 6.45) is 2.05. The molecule has 0 radical (unpaired) electrons. The van der Waals surface area contributed by atoms with Gasteiger partial charge in [-0.15, -0.1) is 0 Å². The predicted octanol–water partition coefficient (Wildman–Crippen LogP) is 2.29. The van der Waals surface area contributed by atoms with E-state index in [2.05, 4.69) is 18.5 Å². The minimum atomic E-state index is -0.0811. The first-order chi connectivity index (χ1) is 8.17. The molecule has 0 aliphatic heterocycles. The third-order valence-electron chi connectivity index (χ3n) is 2.34. The SMILES string of the molecule is CSCC(C)CNC(=O)c1ccc(C#N)cc1. The van der Waals surface area contributed by atoms with E-state index in [0.29, 0.717) is 23.6 Å². The summed E-state index contributed by atoms with van der Waals surface area (Å²) in [5, 5.41) is 11.5. The molecule has 1 unspecified atom stereocenters. The van der Waals surface area contributed by atoms with E-state index in [-0.39, 0.29) is 5.91 Å². The molecule has 0 fully saturated rings. The number of rotatable bonds is 5. The van der Waals surface area contributed by atoms with Crippen LogP contribution in [0, 0.1) is 17.2 Å². The maximum atomic E-state index is 11.8. The zero-order valence-electron chi connectivity index (χ0n) is 10.1. The number of thioether (sulfide) groups is 1. The smallest absolute Gasteiger partial charge is 0.251 e. The lowest BCUT2D eigenvalue weighted by molar-refractivity contribution is 0.0949. The first-order valence-electron chi connectivity index (χ1n) is 5.44. The fourth-order valence-corrected chi connectivity index (χ4v) is 2.10. The van der Waals surface area contributed by atoms with Gasteiger partial charge in [-0.1, -0.05) is 6.92 Å². The summed E-state index contributed by atoms with van der Waals surface area (Å²) in [6.45, 7) is 2.79. The van der Waals surface area contributed by atoms with Crippen molar-refractivity contribution in [2.45, 2.75) is 6.92 Å². The molecular weight excluding hydrogens is 232 g/mol. The lowest BCUT2D eigenvalue weighted by Crippen LogP contribution is -2.29. The largest absolute Gasteiger partial charge is 0.352 e. The van der Waals surface area contributed by atoms with E-state index in [1.165, 1.54) is 0 Å². The van der Waals surface area contributed by atoms with Crippen molar-refractivity contribution in [1.82, 2.24) is 5.32 Å². The number of carbonyl (C=O) groups excluding carboxylic acids is 1. The number of carbonyl (C=O) groups is 1. The second-order valence-electron chi connectivity index (χ2n) is 3.96. The Labute approximate surface area is 106 Å². The van der Waals surface area contributed by atoms with Gasteiger partial charge >= 0.3 is 0 Å². The van der Waals surface area contributed by atoms with Crippen LogP contribution in [0.4, 0.5) is 0 Å². The van der Waals surface area contributed by atoms with Gasteiger partial charge in [0.05, 0.1) is 11.6 Å². The van der Waals surface area contributed by atoms with Crippen LogP contribution in [0.15, 0.2) is 24.3 Å². The van der Waals surface area contributed by atoms with Crippen LogP contribution in [0.2, 0.25) is 0 Å². The quantitative estimate of drug-likeness (QED) is 0.869. The lowest BCUT2D eigenvalue weighted by atomic mass is 10.1. The molecule has 0 bridgehead atoms. The van der Waals surface area contributed by atoms with Crippen LogP contribution in [0.1, 0.15) is 22.8 Å². The topological polar surface area (TPSA) is 52.9 Å². The van der Waals surface area contributed by atoms with Gasteiger partial charge in [-0.25, -0.2) is 0 Å². The summed E-state index contributed by atoms with van der Waals surface area (Å²) in [4.78, 5) is 11.8. The van der Waals surface area contributed by atoms with Crippen LogP contribution < -0.4 is 5.32 Å². The zero-order chi connectivity index (χ0) is 12.7. The van der Waals surface area contributed by atoms with Crippen LogP contribution in [0.5, 0.6) is 0 Å². The summed E-state index contributed by atoms with van der Waals surface area (Å²) < 4.78 is 0. The molecule has 0 aromatic heterocycles. The molecule has 1 aromatic rings. The van der Waals surface area contributed by atoms with E-state index < -0.39 is 0 Å². The van der Waals surface area contributed by atoms with Gasteiger partial charge in [0, 0.05) is 12.1 Å². The van der Waals surface area contributed by atoms with E-state index in [1.807, 2.05) is 6.07 Å². The molecule has 0 aliphatic carbocycles. The number of benzene rings is 1. The number of amides is 1. The molecule has 0 saturated heterocycles. The maximum absolute atomic E-state index is 11.8. The Hall–Kier alpha value is -1.47. The summed E-state index contributed by atoms with van der Waals surface area (Å²) in [7, 11) is 0. The highest BCUT2D eigenvalue weighted by molar-refractivity contribution is 7.98. The average Bonchev–Trinajstić information content (AvgIpc) is 2.36. The Bertz CT molecular complexity index is 408. The Balaban J connectivity index is 2.50. The lowest BCUT2D eigenvalue weighted by Gasteiger charge is -2.11. The van der Waals surface area contributed by atoms with Gasteiger partial charge in [-0.2, -0.15) is 17.0 Å². The van der Waals surface area contributed by atoms with Crippen molar-refractivity contribution in [3.8, 4) is 6.07 Å². The van der Waals surface area contributed by atoms with E-state index in [0.717, 1.165) is 5.75 Å². The fraction of sp³-hybridized carbons (Fsp3) is 0.385. The molecular formula is C13H16N2OS. The molecule has 17 heavy (non-hydrogen) atoms. The van der Waals surface area contributed by atoms with E-state index in [4.69, 9.17) is 5.26 Å². The van der Waals surface area contributed by atoms with Crippen LogP contribution in [0.3, 0.4) is 0 Å². The Kier molecular flexibility index (Phi) is 5.58. The van der Waals surface area contributed by atoms with Crippen LogP contribution in [-0.4, -0.2) is 24.5 Å². The molecule has 90 valence electrons. The molecule has 0 aliphatic rings. The van der Waals surface area contributed by atoms with Gasteiger partial charge in [0.25, 0.3) is 5.91 Å². The third-order valence-corrected chi connectivity index (χ3v) is 3.24. The molecule has 0 heterocycles. The van der Waals surface area contributed by atoms with E-state index in [1.54, 1.807) is 36.0 Å². The number of hydrogen-bond donors (Lipinski definition) is 1. The molecule has 0 saturated carbocycles. The van der Waals surface area contributed by atoms with Crippen molar-refractivity contribution in [3.05, 3.63) is 35.4 Å². The minimum absolute atomic E-state index is 0.0811. The highest BCUT2D eigenvalue weighted by atomic mass is 32.2. The summed E-state index contributed by atoms with van der Waals surface area (Å²) >= 11 is 1.77. The maximum Gasteiger partial charge on any atom is 0.251 e. The monoisotopic (exact) mass is 248 g/mol. The Morgan fingerprint density at radius 1 is 1.47 bits per heavy atom. The molecule has 0 spiro atoms. The summed E-state index contributed by atoms with van der Waals surface area (Å²) in [5.41, 5.74) is 1.16. The van der Waals surface area contributed by atoms with Gasteiger partial charge in [0.1, 0.15) is 0 Å². The average molecular weight is 248 g/mol. The Morgan fingerprint density at radius 2 is 2.12 bits per heavy atom. The fourth-order valence-electron chi connectivity index (χ4n) is 1.41. The zero-order valence-corrected chi connectivity index (χ0v) is 10.9. The van der Waals surface area contributed by atoms with Crippen molar-refractivity contribution in [2.24, 2.45) is 5.92 Å². The van der Waals surface area contributed by atoms with Crippen LogP contribution in [0.25, 0.3) is 0 Å². The van der Waals surface area contributed by atoms with Crippen molar-refractivity contribution >= 4 is 17.7 Å². The van der Waals surface area contributed by atoms with Crippen molar-refractivity contribution < 1.29 is 4.79 Å². The molecule has 1 N–H and O–H groups in total. The summed E-state index contributed by atoms with van der Waals surface area (Å²) in [6, 6.07) is 8.68. The molecule has 3 nitrogen and oxygen atoms in total. The number of nitrogens with one attached hydrogen (secondary N) is 1. The van der Waals surface area contributed by atoms with Gasteiger partial charge in [-0.3, -0.25) is 4.79 Å². The minimum Gasteiger partial charge on any atom is -0.352 e. The van der Waals surface area contributed by atoms with Crippen molar-refractivity contribution in [2.75, 3.05) is 18.6 Å². The standard InChI is InChI=1S/C13H16N2OS/c1-10(9-17-2)8-15-13(16)12-5-3-11(7-14)4-6-12/h3-6,10H,8-9H2,1-2H3,(H,15,16). The number of nitrogens with zero attached hydrogens (tertiary/aromatic N) is 1. The molecule has 4 heteroatoms. The van der Waals surface area contributed by atoms with Gasteiger partial charge in [0.15, 0.2) is 0 Å². The van der Waals surface area contributed by atoms with Crippen LogP contribution in [-0.2, 0) is 0 Å². The van der Waals surface area contributed by atoms with Gasteiger partial charge < -0.3 is 5.32 Å².